The SMILES string of the molecule is CC(c1nc(-c2ccc(Cl)cc2)no1)N1CCC(N(C)CC(=O)O)CC1.Cl. The lowest BCUT2D eigenvalue weighted by atomic mass is 10.0. The number of likely N-dealkylation sites (N-methyl/N-ethyl adjacent to an activating group) is 1. The quantitative estimate of drug-likeness (QED) is 0.775. The minimum absolute atomic E-state index is 0. The second-order valence-corrected chi connectivity index (χ2v) is 7.15. The molecule has 2 aromatic rings. The average molecular weight is 415 g/mol. The van der Waals surface area contributed by atoms with Gasteiger partial charge in [0.2, 0.25) is 11.7 Å². The summed E-state index contributed by atoms with van der Waals surface area (Å²) < 4.78 is 5.47. The monoisotopic (exact) mass is 414 g/mol. The maximum absolute atomic E-state index is 10.9. The zero-order valence-corrected chi connectivity index (χ0v) is 16.9. The van der Waals surface area contributed by atoms with E-state index < -0.39 is 5.97 Å². The number of carboxylic acids is 1. The summed E-state index contributed by atoms with van der Waals surface area (Å²) in [6, 6.07) is 7.65. The standard InChI is InChI=1S/C18H23ClN4O3.ClH/c1-12(23-9-7-15(8-10-23)22(2)11-16(24)25)18-20-17(21-26-18)13-3-5-14(19)6-4-13;/h3-6,12,15H,7-11H2,1-2H3,(H,24,25);1H. The van der Waals surface area contributed by atoms with E-state index in [0.717, 1.165) is 31.5 Å². The van der Waals surface area contributed by atoms with Gasteiger partial charge in [0, 0.05) is 29.7 Å². The van der Waals surface area contributed by atoms with E-state index in [0.29, 0.717) is 22.8 Å². The molecule has 1 N–H and O–H groups in total. The number of halogens is 2. The van der Waals surface area contributed by atoms with Crippen molar-refractivity contribution in [2.24, 2.45) is 0 Å². The Bertz CT molecular complexity index is 745. The maximum atomic E-state index is 10.9. The van der Waals surface area contributed by atoms with Crippen molar-refractivity contribution < 1.29 is 14.4 Å². The number of carboxylic acid groups (broad SMARTS) is 1. The Morgan fingerprint density at radius 3 is 2.59 bits per heavy atom. The summed E-state index contributed by atoms with van der Waals surface area (Å²) in [6.45, 7) is 3.87. The Hall–Kier alpha value is -1.67. The number of nitrogens with zero attached hydrogens (tertiary/aromatic N) is 4. The third-order valence-electron chi connectivity index (χ3n) is 4.96. The summed E-state index contributed by atoms with van der Waals surface area (Å²) in [5.41, 5.74) is 0.866. The number of hydrogen-bond acceptors (Lipinski definition) is 6. The average Bonchev–Trinajstić information content (AvgIpc) is 3.11. The fraction of sp³-hybridized carbons (Fsp3) is 0.500. The molecule has 1 aliphatic rings. The molecule has 1 saturated heterocycles. The smallest absolute Gasteiger partial charge is 0.317 e. The molecule has 0 amide bonds. The van der Waals surface area contributed by atoms with Crippen LogP contribution in [0.1, 0.15) is 31.7 Å². The Labute approximate surface area is 169 Å². The van der Waals surface area contributed by atoms with Gasteiger partial charge in [-0.05, 0) is 51.1 Å². The van der Waals surface area contributed by atoms with Crippen LogP contribution < -0.4 is 0 Å². The topological polar surface area (TPSA) is 82.7 Å². The van der Waals surface area contributed by atoms with E-state index in [4.69, 9.17) is 21.2 Å². The van der Waals surface area contributed by atoms with Gasteiger partial charge < -0.3 is 9.63 Å². The van der Waals surface area contributed by atoms with Gasteiger partial charge in [0.15, 0.2) is 0 Å². The zero-order valence-electron chi connectivity index (χ0n) is 15.3. The number of benzene rings is 1. The van der Waals surface area contributed by atoms with Gasteiger partial charge in [-0.2, -0.15) is 4.98 Å². The number of piperidine rings is 1. The zero-order chi connectivity index (χ0) is 18.7. The molecule has 9 heteroatoms. The van der Waals surface area contributed by atoms with Gasteiger partial charge in [0.1, 0.15) is 0 Å². The molecule has 0 aliphatic carbocycles. The van der Waals surface area contributed by atoms with Crippen molar-refractivity contribution in [3.63, 3.8) is 0 Å². The summed E-state index contributed by atoms with van der Waals surface area (Å²) in [7, 11) is 1.87. The lowest BCUT2D eigenvalue weighted by molar-refractivity contribution is -0.138. The van der Waals surface area contributed by atoms with Crippen LogP contribution in [-0.2, 0) is 4.79 Å². The molecule has 1 aliphatic heterocycles. The summed E-state index contributed by atoms with van der Waals surface area (Å²) in [6.07, 6.45) is 1.85. The van der Waals surface area contributed by atoms with Crippen LogP contribution in [0.2, 0.25) is 5.02 Å². The molecule has 148 valence electrons. The highest BCUT2D eigenvalue weighted by molar-refractivity contribution is 6.30. The van der Waals surface area contributed by atoms with Crippen molar-refractivity contribution in [3.8, 4) is 11.4 Å². The molecule has 0 bridgehead atoms. The highest BCUT2D eigenvalue weighted by Gasteiger charge is 2.29. The third kappa shape index (κ3) is 5.42. The van der Waals surface area contributed by atoms with Crippen LogP contribution in [-0.4, -0.2) is 63.7 Å². The largest absolute Gasteiger partial charge is 0.480 e. The number of carbonyl (C=O) groups is 1. The van der Waals surface area contributed by atoms with Crippen LogP contribution in [0.5, 0.6) is 0 Å². The van der Waals surface area contributed by atoms with Crippen LogP contribution in [0.25, 0.3) is 11.4 Å². The number of hydrogen-bond donors (Lipinski definition) is 1. The molecule has 0 radical (unpaired) electrons. The second kappa shape index (κ2) is 9.50. The Kier molecular flexibility index (Phi) is 7.61. The van der Waals surface area contributed by atoms with Crippen molar-refractivity contribution >= 4 is 30.0 Å². The van der Waals surface area contributed by atoms with Gasteiger partial charge in [-0.1, -0.05) is 16.8 Å². The Morgan fingerprint density at radius 2 is 2.00 bits per heavy atom. The third-order valence-corrected chi connectivity index (χ3v) is 5.21. The van der Waals surface area contributed by atoms with Crippen molar-refractivity contribution in [2.75, 3.05) is 26.7 Å². The van der Waals surface area contributed by atoms with Gasteiger partial charge in [0.05, 0.1) is 12.6 Å². The summed E-state index contributed by atoms with van der Waals surface area (Å²) in [5, 5.41) is 13.7. The normalized spacial score (nSPS) is 16.9. The molecule has 1 aromatic heterocycles. The van der Waals surface area contributed by atoms with E-state index in [1.807, 2.05) is 24.1 Å². The van der Waals surface area contributed by atoms with Gasteiger partial charge in [-0.15, -0.1) is 12.4 Å². The number of rotatable bonds is 6. The van der Waals surface area contributed by atoms with Crippen molar-refractivity contribution in [1.29, 1.82) is 0 Å². The Morgan fingerprint density at radius 1 is 1.37 bits per heavy atom. The van der Waals surface area contributed by atoms with E-state index in [-0.39, 0.29) is 25.0 Å². The van der Waals surface area contributed by atoms with Crippen LogP contribution in [0.4, 0.5) is 0 Å². The molecular weight excluding hydrogens is 391 g/mol. The number of aromatic nitrogens is 2. The highest BCUT2D eigenvalue weighted by atomic mass is 35.5. The molecule has 27 heavy (non-hydrogen) atoms. The molecule has 0 spiro atoms. The first-order chi connectivity index (χ1) is 12.4. The van der Waals surface area contributed by atoms with Crippen LogP contribution in [0.15, 0.2) is 28.8 Å². The molecule has 1 fully saturated rings. The highest BCUT2D eigenvalue weighted by Crippen LogP contribution is 2.26. The molecule has 0 saturated carbocycles. The van der Waals surface area contributed by atoms with E-state index >= 15 is 0 Å². The lowest BCUT2D eigenvalue weighted by Crippen LogP contribution is -2.45. The molecule has 1 aromatic carbocycles. The van der Waals surface area contributed by atoms with Gasteiger partial charge in [-0.3, -0.25) is 14.6 Å². The van der Waals surface area contributed by atoms with Gasteiger partial charge in [0.25, 0.3) is 0 Å². The molecule has 2 heterocycles. The van der Waals surface area contributed by atoms with Crippen molar-refractivity contribution in [1.82, 2.24) is 19.9 Å². The van der Waals surface area contributed by atoms with Crippen LogP contribution in [0.3, 0.4) is 0 Å². The van der Waals surface area contributed by atoms with Crippen molar-refractivity contribution in [3.05, 3.63) is 35.2 Å². The Balaban J connectivity index is 0.00000261. The van der Waals surface area contributed by atoms with Gasteiger partial charge >= 0.3 is 5.97 Å². The molecule has 3 rings (SSSR count). The predicted octanol–water partition coefficient (Wildman–Crippen LogP) is 3.35. The fourth-order valence-electron chi connectivity index (χ4n) is 3.33. The summed E-state index contributed by atoms with van der Waals surface area (Å²) >= 11 is 5.91. The number of aliphatic carboxylic acids is 1. The van der Waals surface area contributed by atoms with E-state index in [1.54, 1.807) is 12.1 Å². The summed E-state index contributed by atoms with van der Waals surface area (Å²) in [5.74, 6) is 0.357. The molecular formula is C18H24Cl2N4O3. The minimum atomic E-state index is -0.788. The first-order valence-electron chi connectivity index (χ1n) is 8.69. The first-order valence-corrected chi connectivity index (χ1v) is 9.07. The first kappa shape index (κ1) is 21.6. The van der Waals surface area contributed by atoms with E-state index in [9.17, 15) is 4.79 Å². The predicted molar refractivity (Wildman–Crippen MR) is 105 cm³/mol. The van der Waals surface area contributed by atoms with Crippen molar-refractivity contribution in [2.45, 2.75) is 31.8 Å². The lowest BCUT2D eigenvalue weighted by Gasteiger charge is -2.37. The maximum Gasteiger partial charge on any atom is 0.317 e. The minimum Gasteiger partial charge on any atom is -0.480 e. The second-order valence-electron chi connectivity index (χ2n) is 6.72. The van der Waals surface area contributed by atoms with E-state index in [1.165, 1.54) is 0 Å². The van der Waals surface area contributed by atoms with Gasteiger partial charge in [-0.25, -0.2) is 0 Å². The van der Waals surface area contributed by atoms with Crippen LogP contribution >= 0.6 is 24.0 Å². The van der Waals surface area contributed by atoms with Crippen LogP contribution in [0, 0.1) is 0 Å². The molecule has 1 unspecified atom stereocenters. The molecule has 1 atom stereocenters. The van der Waals surface area contributed by atoms with E-state index in [2.05, 4.69) is 22.0 Å². The molecule has 7 nitrogen and oxygen atoms in total. The summed E-state index contributed by atoms with van der Waals surface area (Å²) in [4.78, 5) is 19.6. The number of likely N-dealkylation sites (tertiary alicyclic amines) is 1. The fourth-order valence-corrected chi connectivity index (χ4v) is 3.46.